The van der Waals surface area contributed by atoms with Crippen LogP contribution in [0.1, 0.15) is 39.2 Å². The molecule has 0 radical (unpaired) electrons. The highest BCUT2D eigenvalue weighted by atomic mass is 32.2. The molecule has 0 saturated carbocycles. The van der Waals surface area contributed by atoms with Crippen LogP contribution in [0.4, 0.5) is 10.5 Å². The molecule has 1 saturated heterocycles. The van der Waals surface area contributed by atoms with E-state index in [-0.39, 0.29) is 17.0 Å². The normalized spacial score (nSPS) is 15.5. The Balaban J connectivity index is 1.49. The summed E-state index contributed by atoms with van der Waals surface area (Å²) < 4.78 is 33.0. The van der Waals surface area contributed by atoms with E-state index in [1.165, 1.54) is 10.3 Å². The quantitative estimate of drug-likeness (QED) is 0.545. The van der Waals surface area contributed by atoms with Gasteiger partial charge >= 0.3 is 6.09 Å². The van der Waals surface area contributed by atoms with Crippen LogP contribution < -0.4 is 4.90 Å². The van der Waals surface area contributed by atoms with E-state index in [1.807, 2.05) is 46.9 Å². The molecular formula is C25H32N4O4S. The van der Waals surface area contributed by atoms with E-state index in [0.717, 1.165) is 24.1 Å². The largest absolute Gasteiger partial charge is 0.444 e. The van der Waals surface area contributed by atoms with Crippen LogP contribution in [0.3, 0.4) is 0 Å². The number of rotatable bonds is 4. The molecular weight excluding hydrogens is 452 g/mol. The SMILES string of the molecule is Cc1ccc(S(=O)(=O)n2cnc3cc(N(C)C4CCN(C(=O)OC(C)(C)C)CC4)ccc32)cc1. The van der Waals surface area contributed by atoms with Crippen molar-refractivity contribution >= 4 is 32.8 Å². The number of likely N-dealkylation sites (tertiary alicyclic amines) is 1. The van der Waals surface area contributed by atoms with Crippen LogP contribution >= 0.6 is 0 Å². The van der Waals surface area contributed by atoms with Crippen molar-refractivity contribution in [3.05, 3.63) is 54.4 Å². The summed E-state index contributed by atoms with van der Waals surface area (Å²) in [6.07, 6.45) is 2.74. The average molecular weight is 485 g/mol. The minimum absolute atomic E-state index is 0.232. The van der Waals surface area contributed by atoms with Gasteiger partial charge in [-0.3, -0.25) is 0 Å². The molecule has 2 heterocycles. The Morgan fingerprint density at radius 2 is 1.74 bits per heavy atom. The fourth-order valence-electron chi connectivity index (χ4n) is 4.19. The van der Waals surface area contributed by atoms with E-state index in [0.29, 0.717) is 24.1 Å². The maximum atomic E-state index is 13.1. The van der Waals surface area contributed by atoms with Gasteiger partial charge in [0.05, 0.1) is 15.9 Å². The standard InChI is InChI=1S/C25H32N4O4S/c1-18-6-9-21(10-7-18)34(31,32)29-17-26-22-16-20(8-11-23(22)29)27(5)19-12-14-28(15-13-19)24(30)33-25(2,3)4/h6-11,16-17,19H,12-15H2,1-5H3. The van der Waals surface area contributed by atoms with Gasteiger partial charge in [0.2, 0.25) is 0 Å². The number of fused-ring (bicyclic) bond motifs is 1. The van der Waals surface area contributed by atoms with Gasteiger partial charge in [0.15, 0.2) is 0 Å². The van der Waals surface area contributed by atoms with Crippen LogP contribution in [0.5, 0.6) is 0 Å². The lowest BCUT2D eigenvalue weighted by Gasteiger charge is -2.38. The highest BCUT2D eigenvalue weighted by molar-refractivity contribution is 7.90. The number of amides is 1. The molecule has 182 valence electrons. The highest BCUT2D eigenvalue weighted by Crippen LogP contribution is 2.28. The lowest BCUT2D eigenvalue weighted by atomic mass is 10.0. The van der Waals surface area contributed by atoms with Gasteiger partial charge in [-0.15, -0.1) is 0 Å². The number of benzene rings is 2. The number of imidazole rings is 1. The second-order valence-corrected chi connectivity index (χ2v) is 11.7. The molecule has 0 aliphatic carbocycles. The van der Waals surface area contributed by atoms with Crippen LogP contribution in [-0.2, 0) is 14.8 Å². The Bertz CT molecular complexity index is 1280. The van der Waals surface area contributed by atoms with Crippen molar-refractivity contribution in [3.8, 4) is 0 Å². The number of hydrogen-bond donors (Lipinski definition) is 0. The summed E-state index contributed by atoms with van der Waals surface area (Å²) in [6, 6.07) is 12.7. The van der Waals surface area contributed by atoms with Crippen LogP contribution in [0.15, 0.2) is 53.7 Å². The number of aryl methyl sites for hydroxylation is 1. The summed E-state index contributed by atoms with van der Waals surface area (Å²) in [5.74, 6) is 0. The van der Waals surface area contributed by atoms with Crippen molar-refractivity contribution < 1.29 is 17.9 Å². The summed E-state index contributed by atoms with van der Waals surface area (Å²) in [7, 11) is -1.71. The Kier molecular flexibility index (Phi) is 6.33. The monoisotopic (exact) mass is 484 g/mol. The Morgan fingerprint density at radius 3 is 2.35 bits per heavy atom. The number of carbonyl (C=O) groups excluding carboxylic acids is 1. The number of hydrogen-bond acceptors (Lipinski definition) is 6. The molecule has 0 N–H and O–H groups in total. The predicted molar refractivity (Wildman–Crippen MR) is 133 cm³/mol. The molecule has 1 fully saturated rings. The van der Waals surface area contributed by atoms with Gasteiger partial charge in [-0.2, -0.15) is 0 Å². The first-order valence-corrected chi connectivity index (χ1v) is 12.9. The summed E-state index contributed by atoms with van der Waals surface area (Å²) in [6.45, 7) is 8.80. The number of carbonyl (C=O) groups is 1. The molecule has 0 spiro atoms. The van der Waals surface area contributed by atoms with Crippen molar-refractivity contribution in [2.75, 3.05) is 25.0 Å². The molecule has 1 amide bonds. The van der Waals surface area contributed by atoms with E-state index < -0.39 is 15.6 Å². The number of piperidine rings is 1. The van der Waals surface area contributed by atoms with Gasteiger partial charge in [-0.1, -0.05) is 17.7 Å². The molecule has 2 aromatic carbocycles. The Hall–Kier alpha value is -3.07. The maximum Gasteiger partial charge on any atom is 0.410 e. The smallest absolute Gasteiger partial charge is 0.410 e. The summed E-state index contributed by atoms with van der Waals surface area (Å²) >= 11 is 0. The molecule has 3 aromatic rings. The summed E-state index contributed by atoms with van der Waals surface area (Å²) in [5.41, 5.74) is 2.61. The van der Waals surface area contributed by atoms with Crippen LogP contribution in [0.2, 0.25) is 0 Å². The van der Waals surface area contributed by atoms with Gasteiger partial charge < -0.3 is 14.5 Å². The minimum Gasteiger partial charge on any atom is -0.444 e. The number of nitrogens with zero attached hydrogens (tertiary/aromatic N) is 4. The topological polar surface area (TPSA) is 84.7 Å². The average Bonchev–Trinajstić information content (AvgIpc) is 3.22. The molecule has 0 bridgehead atoms. The third-order valence-corrected chi connectivity index (χ3v) is 7.82. The van der Waals surface area contributed by atoms with Crippen LogP contribution in [0, 0.1) is 6.92 Å². The van der Waals surface area contributed by atoms with E-state index in [9.17, 15) is 13.2 Å². The molecule has 34 heavy (non-hydrogen) atoms. The van der Waals surface area contributed by atoms with E-state index in [2.05, 4.69) is 9.88 Å². The Morgan fingerprint density at radius 1 is 1.09 bits per heavy atom. The van der Waals surface area contributed by atoms with E-state index >= 15 is 0 Å². The van der Waals surface area contributed by atoms with Crippen molar-refractivity contribution in [1.29, 1.82) is 0 Å². The molecule has 4 rings (SSSR count). The third kappa shape index (κ3) is 4.89. The maximum absolute atomic E-state index is 13.1. The van der Waals surface area contributed by atoms with Crippen LogP contribution in [-0.4, -0.2) is 60.1 Å². The summed E-state index contributed by atoms with van der Waals surface area (Å²) in [4.78, 5) is 20.9. The van der Waals surface area contributed by atoms with Gasteiger partial charge in [0, 0.05) is 31.9 Å². The van der Waals surface area contributed by atoms with Gasteiger partial charge in [-0.25, -0.2) is 22.2 Å². The lowest BCUT2D eigenvalue weighted by molar-refractivity contribution is 0.0205. The molecule has 1 aliphatic heterocycles. The third-order valence-electron chi connectivity index (χ3n) is 6.15. The molecule has 9 heteroatoms. The molecule has 0 unspecified atom stereocenters. The van der Waals surface area contributed by atoms with Crippen LogP contribution in [0.25, 0.3) is 11.0 Å². The fraction of sp³-hybridized carbons (Fsp3) is 0.440. The zero-order chi connectivity index (χ0) is 24.7. The van der Waals surface area contributed by atoms with E-state index in [1.54, 1.807) is 35.2 Å². The highest BCUT2D eigenvalue weighted by Gasteiger charge is 2.29. The second kappa shape index (κ2) is 8.94. The number of aromatic nitrogens is 2. The van der Waals surface area contributed by atoms with Gasteiger partial charge in [0.25, 0.3) is 10.0 Å². The zero-order valence-corrected chi connectivity index (χ0v) is 21.2. The first-order chi connectivity index (χ1) is 16.0. The van der Waals surface area contributed by atoms with Crippen molar-refractivity contribution in [3.63, 3.8) is 0 Å². The molecule has 0 atom stereocenters. The number of ether oxygens (including phenoxy) is 1. The molecule has 8 nitrogen and oxygen atoms in total. The fourth-order valence-corrected chi connectivity index (χ4v) is 5.48. The summed E-state index contributed by atoms with van der Waals surface area (Å²) in [5, 5.41) is 0. The van der Waals surface area contributed by atoms with Gasteiger partial charge in [0.1, 0.15) is 11.9 Å². The molecule has 1 aromatic heterocycles. The predicted octanol–water partition coefficient (Wildman–Crippen LogP) is 4.42. The van der Waals surface area contributed by atoms with Crippen molar-refractivity contribution in [1.82, 2.24) is 13.9 Å². The second-order valence-electron chi connectivity index (χ2n) is 9.84. The first kappa shape index (κ1) is 24.1. The zero-order valence-electron chi connectivity index (χ0n) is 20.4. The molecule has 1 aliphatic rings. The van der Waals surface area contributed by atoms with Crippen molar-refractivity contribution in [2.45, 2.75) is 57.1 Å². The minimum atomic E-state index is -3.73. The van der Waals surface area contributed by atoms with E-state index in [4.69, 9.17) is 4.74 Å². The van der Waals surface area contributed by atoms with Gasteiger partial charge in [-0.05, 0) is 70.9 Å². The number of anilines is 1. The first-order valence-electron chi connectivity index (χ1n) is 11.5. The lowest BCUT2D eigenvalue weighted by Crippen LogP contribution is -2.47. The Labute approximate surface area is 201 Å². The van der Waals surface area contributed by atoms with Crippen molar-refractivity contribution in [2.24, 2.45) is 0 Å².